The van der Waals surface area contributed by atoms with Gasteiger partial charge in [0.15, 0.2) is 0 Å². The molecule has 0 spiro atoms. The van der Waals surface area contributed by atoms with Crippen LogP contribution in [0.2, 0.25) is 0 Å². The van der Waals surface area contributed by atoms with Crippen molar-refractivity contribution in [3.63, 3.8) is 0 Å². The van der Waals surface area contributed by atoms with E-state index in [1.165, 1.54) is 12.4 Å². The number of benzene rings is 1. The second-order valence-electron chi connectivity index (χ2n) is 21.6. The van der Waals surface area contributed by atoms with Gasteiger partial charge in [-0.05, 0) is 122 Å². The van der Waals surface area contributed by atoms with Crippen molar-refractivity contribution in [3.8, 4) is 0 Å². The van der Waals surface area contributed by atoms with E-state index in [0.717, 1.165) is 24.1 Å². The molecule has 2 aliphatic heterocycles. The van der Waals surface area contributed by atoms with E-state index in [1.54, 1.807) is 35.3 Å². The molecule has 2 aliphatic carbocycles. The van der Waals surface area contributed by atoms with E-state index in [0.29, 0.717) is 89.7 Å². The highest BCUT2D eigenvalue weighted by Gasteiger charge is 2.45. The minimum atomic E-state index is -4.55. The first-order chi connectivity index (χ1) is 36.8. The quantitative estimate of drug-likeness (QED) is 0.0844. The number of pyridine rings is 1. The zero-order valence-corrected chi connectivity index (χ0v) is 45.4. The van der Waals surface area contributed by atoms with Crippen molar-refractivity contribution in [1.82, 2.24) is 50.5 Å². The van der Waals surface area contributed by atoms with Crippen LogP contribution in [0.25, 0.3) is 10.9 Å². The number of aromatic nitrogens is 3. The van der Waals surface area contributed by atoms with Crippen LogP contribution < -0.4 is 21.3 Å². The van der Waals surface area contributed by atoms with Crippen molar-refractivity contribution in [2.75, 3.05) is 65.5 Å². The molecule has 4 fully saturated rings. The van der Waals surface area contributed by atoms with Crippen LogP contribution in [-0.2, 0) is 44.4 Å². The molecule has 19 nitrogen and oxygen atoms in total. The first-order valence-corrected chi connectivity index (χ1v) is 27.4. The molecule has 77 heavy (non-hydrogen) atoms. The number of fused-ring (bicyclic) bond motifs is 1. The second-order valence-corrected chi connectivity index (χ2v) is 21.6. The summed E-state index contributed by atoms with van der Waals surface area (Å²) in [6.07, 6.45) is 6.11. The fraction of sp³-hybridized carbons (Fsp3) is 0.655. The van der Waals surface area contributed by atoms with E-state index in [1.807, 2.05) is 24.8 Å². The molecule has 2 saturated heterocycles. The molecule has 1 aromatic carbocycles. The third-order valence-electron chi connectivity index (χ3n) is 16.0. The molecule has 22 heteroatoms. The van der Waals surface area contributed by atoms with Crippen molar-refractivity contribution in [2.24, 2.45) is 11.8 Å². The Bertz CT molecular complexity index is 2500. The summed E-state index contributed by atoms with van der Waals surface area (Å²) in [6.45, 7) is 10.3. The van der Waals surface area contributed by atoms with Crippen molar-refractivity contribution in [1.29, 1.82) is 0 Å². The number of hydrogen-bond acceptors (Lipinski definition) is 13. The number of nitrogens with zero attached hydrogens (tertiary/aromatic N) is 7. The standard InChI is InChI=1S/C55H78F3N11O8/c1-34(2)66(5)40-16-18-46(69-23-19-44(54(69)75)64-51-41-29-38(55(56,57)58)13-17-43(41)61-33-62-51)45(30-40)65-52(73)36-11-14-39(15-12-36)63-47(70)20-25-76-27-28-77-26-24-68(35(3)4)48(71)10-8-22-60-53(74)42-31-49(72)67(6)50(42)37-9-7-21-59-32-37/h7,9,13,17,21,29,32-36,39-40,42,44-46,50H,8,10-12,14-16,18-20,22-28,30-31H2,1-6H3,(H,60,74)(H,63,70)(H,65,73)(H,61,62,64)/t36-,39+,40-,42+,44+,45-,46+,50-/m1/s1. The van der Waals surface area contributed by atoms with E-state index in [2.05, 4.69) is 62.0 Å². The topological polar surface area (TPSA) is 221 Å². The normalized spacial score (nSPS) is 24.0. The third-order valence-corrected chi connectivity index (χ3v) is 16.0. The van der Waals surface area contributed by atoms with E-state index in [9.17, 15) is 41.9 Å². The van der Waals surface area contributed by atoms with Crippen LogP contribution >= 0.6 is 0 Å². The molecule has 4 N–H and O–H groups in total. The van der Waals surface area contributed by atoms with Gasteiger partial charge in [-0.25, -0.2) is 9.97 Å². The zero-order valence-electron chi connectivity index (χ0n) is 45.4. The van der Waals surface area contributed by atoms with Gasteiger partial charge in [0.2, 0.25) is 35.4 Å². The zero-order chi connectivity index (χ0) is 55.4. The minimum absolute atomic E-state index is 0.0470. The average molecular weight is 1080 g/mol. The Hall–Kier alpha value is -6.00. The van der Waals surface area contributed by atoms with E-state index >= 15 is 0 Å². The number of hydrogen-bond donors (Lipinski definition) is 4. The van der Waals surface area contributed by atoms with E-state index in [4.69, 9.17) is 9.47 Å². The third kappa shape index (κ3) is 15.4. The van der Waals surface area contributed by atoms with Crippen LogP contribution in [-0.4, -0.2) is 172 Å². The number of amides is 6. The number of halogens is 3. The molecule has 0 unspecified atom stereocenters. The highest BCUT2D eigenvalue weighted by atomic mass is 19.4. The number of alkyl halides is 3. The molecule has 7 rings (SSSR count). The molecule has 6 atom stereocenters. The lowest BCUT2D eigenvalue weighted by molar-refractivity contribution is -0.137. The van der Waals surface area contributed by atoms with Crippen LogP contribution in [0.3, 0.4) is 0 Å². The Labute approximate surface area is 449 Å². The first-order valence-electron chi connectivity index (χ1n) is 27.4. The molecular formula is C55H78F3N11O8. The fourth-order valence-electron chi connectivity index (χ4n) is 11.4. The second kappa shape index (κ2) is 27.0. The molecule has 2 saturated carbocycles. The van der Waals surface area contributed by atoms with E-state index in [-0.39, 0.29) is 121 Å². The summed E-state index contributed by atoms with van der Waals surface area (Å²) >= 11 is 0. The lowest BCUT2D eigenvalue weighted by Gasteiger charge is -2.45. The van der Waals surface area contributed by atoms with Gasteiger partial charge in [-0.2, -0.15) is 13.2 Å². The van der Waals surface area contributed by atoms with Gasteiger partial charge >= 0.3 is 6.18 Å². The smallest absolute Gasteiger partial charge is 0.379 e. The minimum Gasteiger partial charge on any atom is -0.379 e. The Morgan fingerprint density at radius 1 is 0.870 bits per heavy atom. The maximum atomic E-state index is 14.1. The molecule has 3 aromatic rings. The lowest BCUT2D eigenvalue weighted by Crippen LogP contribution is -2.59. The van der Waals surface area contributed by atoms with Gasteiger partial charge in [0.1, 0.15) is 18.2 Å². The largest absolute Gasteiger partial charge is 0.416 e. The maximum Gasteiger partial charge on any atom is 0.416 e. The fourth-order valence-corrected chi connectivity index (χ4v) is 11.4. The summed E-state index contributed by atoms with van der Waals surface area (Å²) in [5, 5.41) is 12.7. The van der Waals surface area contributed by atoms with Gasteiger partial charge in [-0.15, -0.1) is 0 Å². The molecular weight excluding hydrogens is 1000 g/mol. The van der Waals surface area contributed by atoms with Gasteiger partial charge in [0.25, 0.3) is 0 Å². The highest BCUT2D eigenvalue weighted by Crippen LogP contribution is 2.38. The average Bonchev–Trinajstić information content (AvgIpc) is 3.93. The maximum absolute atomic E-state index is 14.1. The van der Waals surface area contributed by atoms with Crippen LogP contribution in [0.15, 0.2) is 49.1 Å². The van der Waals surface area contributed by atoms with Crippen LogP contribution in [0.5, 0.6) is 0 Å². The number of carbonyl (C=O) groups is 6. The monoisotopic (exact) mass is 1080 g/mol. The molecule has 6 amide bonds. The molecule has 0 bridgehead atoms. The highest BCUT2D eigenvalue weighted by molar-refractivity contribution is 5.94. The van der Waals surface area contributed by atoms with Gasteiger partial charge in [0, 0.05) is 93.8 Å². The van der Waals surface area contributed by atoms with E-state index < -0.39 is 29.7 Å². The van der Waals surface area contributed by atoms with Crippen LogP contribution in [0.1, 0.15) is 122 Å². The predicted molar refractivity (Wildman–Crippen MR) is 282 cm³/mol. The molecule has 2 aromatic heterocycles. The molecule has 4 aliphatic rings. The molecule has 422 valence electrons. The predicted octanol–water partition coefficient (Wildman–Crippen LogP) is 5.25. The van der Waals surface area contributed by atoms with Crippen LogP contribution in [0, 0.1) is 11.8 Å². The summed E-state index contributed by atoms with van der Waals surface area (Å²) < 4.78 is 52.3. The van der Waals surface area contributed by atoms with Crippen LogP contribution in [0.4, 0.5) is 19.0 Å². The van der Waals surface area contributed by atoms with Crippen molar-refractivity contribution in [3.05, 3.63) is 60.2 Å². The number of likely N-dealkylation sites (tertiary alicyclic amines) is 2. The molecule has 4 heterocycles. The Balaban J connectivity index is 0.779. The van der Waals surface area contributed by atoms with Gasteiger partial charge in [-0.1, -0.05) is 6.07 Å². The van der Waals surface area contributed by atoms with Gasteiger partial charge < -0.3 is 50.3 Å². The number of anilines is 1. The molecule has 0 radical (unpaired) electrons. The number of nitrogens with one attached hydrogen (secondary N) is 4. The van der Waals surface area contributed by atoms with Crippen molar-refractivity contribution < 1.29 is 51.4 Å². The Morgan fingerprint density at radius 3 is 2.32 bits per heavy atom. The summed E-state index contributed by atoms with van der Waals surface area (Å²) in [5.41, 5.74) is 0.301. The number of carbonyl (C=O) groups excluding carboxylic acids is 6. The Kier molecular flexibility index (Phi) is 20.6. The van der Waals surface area contributed by atoms with Gasteiger partial charge in [0.05, 0.1) is 61.6 Å². The summed E-state index contributed by atoms with van der Waals surface area (Å²) in [4.78, 5) is 99.7. The first kappa shape index (κ1) is 58.7. The SMILES string of the molecule is CC(C)N(CCOCCOCCC(=O)N[C@H]1CC[C@@H](C(=O)N[C@@H]2C[C@H](N(C)C(C)C)CC[C@@H]2N2CC[C@H](Nc3ncnc4ccc(C(F)(F)F)cc34)C2=O)CC1)C(=O)CCCNC(=O)[C@H]1CC(=O)N(C)[C@@H]1c1cccnc1. The lowest BCUT2D eigenvalue weighted by atomic mass is 9.82. The van der Waals surface area contributed by atoms with Crippen molar-refractivity contribution >= 4 is 52.2 Å². The number of rotatable bonds is 24. The summed E-state index contributed by atoms with van der Waals surface area (Å²) in [6, 6.07) is 5.60. The number of ether oxygens (including phenoxy) is 2. The Morgan fingerprint density at radius 2 is 1.62 bits per heavy atom. The van der Waals surface area contributed by atoms with Gasteiger partial charge in [-0.3, -0.25) is 33.8 Å². The summed E-state index contributed by atoms with van der Waals surface area (Å²) in [5.74, 6) is -1.37. The summed E-state index contributed by atoms with van der Waals surface area (Å²) in [7, 11) is 3.77. The van der Waals surface area contributed by atoms with Crippen molar-refractivity contribution in [2.45, 2.75) is 159 Å².